The van der Waals surface area contributed by atoms with Crippen LogP contribution in [-0.2, 0) is 9.53 Å². The fourth-order valence-electron chi connectivity index (χ4n) is 1.74. The molecular formula is C13H27NO3. The van der Waals surface area contributed by atoms with Crippen molar-refractivity contribution in [1.82, 2.24) is 5.32 Å². The first-order chi connectivity index (χ1) is 8.15. The van der Waals surface area contributed by atoms with E-state index in [0.717, 1.165) is 13.0 Å². The molecule has 0 aromatic rings. The van der Waals surface area contributed by atoms with Gasteiger partial charge in [0.1, 0.15) is 6.04 Å². The first-order valence-electron chi connectivity index (χ1n) is 6.63. The number of carbonyl (C=O) groups is 1. The average Bonchev–Trinajstić information content (AvgIpc) is 2.32. The number of carboxylic acids is 1. The molecule has 2 atom stereocenters. The van der Waals surface area contributed by atoms with Gasteiger partial charge in [0.15, 0.2) is 0 Å². The highest BCUT2D eigenvalue weighted by Gasteiger charge is 2.14. The highest BCUT2D eigenvalue weighted by molar-refractivity contribution is 5.73. The molecule has 102 valence electrons. The molecule has 0 amide bonds. The topological polar surface area (TPSA) is 58.6 Å². The molecule has 0 fully saturated rings. The van der Waals surface area contributed by atoms with Crippen molar-refractivity contribution < 1.29 is 14.6 Å². The Morgan fingerprint density at radius 3 is 2.53 bits per heavy atom. The van der Waals surface area contributed by atoms with E-state index in [4.69, 9.17) is 9.84 Å². The van der Waals surface area contributed by atoms with Crippen LogP contribution < -0.4 is 5.32 Å². The lowest BCUT2D eigenvalue weighted by Gasteiger charge is -2.16. The Labute approximate surface area is 105 Å². The second kappa shape index (κ2) is 10.5. The molecule has 0 saturated heterocycles. The van der Waals surface area contributed by atoms with Gasteiger partial charge in [0, 0.05) is 13.2 Å². The maximum Gasteiger partial charge on any atom is 0.320 e. The number of hydrogen-bond acceptors (Lipinski definition) is 3. The van der Waals surface area contributed by atoms with Gasteiger partial charge in [-0.3, -0.25) is 4.79 Å². The standard InChI is InChI=1S/C13H27NO3/c1-4-6-7-11(5-2)10-17-9-8-12(14-3)13(15)16/h11-12,14H,4-10H2,1-3H3,(H,15,16). The first-order valence-corrected chi connectivity index (χ1v) is 6.63. The molecule has 0 aromatic heterocycles. The Kier molecular flexibility index (Phi) is 10.2. The van der Waals surface area contributed by atoms with Gasteiger partial charge in [0.2, 0.25) is 0 Å². The molecule has 0 aliphatic rings. The third-order valence-electron chi connectivity index (χ3n) is 3.09. The minimum absolute atomic E-state index is 0.495. The number of unbranched alkanes of at least 4 members (excludes halogenated alkanes) is 1. The van der Waals surface area contributed by atoms with Gasteiger partial charge in [-0.05, 0) is 25.8 Å². The van der Waals surface area contributed by atoms with Crippen molar-refractivity contribution in [2.24, 2.45) is 5.92 Å². The van der Waals surface area contributed by atoms with Crippen molar-refractivity contribution >= 4 is 5.97 Å². The number of nitrogens with one attached hydrogen (secondary N) is 1. The molecule has 0 aromatic carbocycles. The van der Waals surface area contributed by atoms with Crippen molar-refractivity contribution in [2.75, 3.05) is 20.3 Å². The van der Waals surface area contributed by atoms with Crippen molar-refractivity contribution in [2.45, 2.75) is 52.0 Å². The van der Waals surface area contributed by atoms with Crippen LogP contribution in [0.2, 0.25) is 0 Å². The Bertz CT molecular complexity index is 197. The summed E-state index contributed by atoms with van der Waals surface area (Å²) in [6, 6.07) is -0.495. The van der Waals surface area contributed by atoms with Crippen LogP contribution in [0.4, 0.5) is 0 Å². The number of hydrogen-bond donors (Lipinski definition) is 2. The quantitative estimate of drug-likeness (QED) is 0.548. The SMILES string of the molecule is CCCCC(CC)COCCC(NC)C(=O)O. The van der Waals surface area contributed by atoms with E-state index in [1.165, 1.54) is 19.3 Å². The Balaban J connectivity index is 3.63. The highest BCUT2D eigenvalue weighted by Crippen LogP contribution is 2.12. The molecule has 4 nitrogen and oxygen atoms in total. The zero-order chi connectivity index (χ0) is 13.1. The third kappa shape index (κ3) is 8.16. The van der Waals surface area contributed by atoms with Crippen LogP contribution in [0.25, 0.3) is 0 Å². The maximum atomic E-state index is 10.7. The molecular weight excluding hydrogens is 218 g/mol. The average molecular weight is 245 g/mol. The zero-order valence-electron chi connectivity index (χ0n) is 11.4. The summed E-state index contributed by atoms with van der Waals surface area (Å²) in [5.74, 6) is -0.193. The van der Waals surface area contributed by atoms with Crippen LogP contribution in [0.1, 0.15) is 46.0 Å². The summed E-state index contributed by atoms with van der Waals surface area (Å²) in [7, 11) is 1.66. The monoisotopic (exact) mass is 245 g/mol. The molecule has 2 unspecified atom stereocenters. The van der Waals surface area contributed by atoms with E-state index in [-0.39, 0.29) is 0 Å². The number of likely N-dealkylation sites (N-methyl/N-ethyl adjacent to an activating group) is 1. The van der Waals surface area contributed by atoms with Crippen LogP contribution in [-0.4, -0.2) is 37.4 Å². The van der Waals surface area contributed by atoms with E-state index >= 15 is 0 Å². The summed E-state index contributed by atoms with van der Waals surface area (Å²) in [5, 5.41) is 11.6. The number of ether oxygens (including phenoxy) is 1. The Hall–Kier alpha value is -0.610. The minimum Gasteiger partial charge on any atom is -0.480 e. The van der Waals surface area contributed by atoms with E-state index in [9.17, 15) is 4.79 Å². The molecule has 0 saturated carbocycles. The lowest BCUT2D eigenvalue weighted by atomic mass is 10.0. The largest absolute Gasteiger partial charge is 0.480 e. The molecule has 0 aliphatic carbocycles. The van der Waals surface area contributed by atoms with Crippen molar-refractivity contribution in [1.29, 1.82) is 0 Å². The smallest absolute Gasteiger partial charge is 0.320 e. The predicted molar refractivity (Wildman–Crippen MR) is 69.2 cm³/mol. The number of carboxylic acid groups (broad SMARTS) is 1. The molecule has 0 radical (unpaired) electrons. The molecule has 0 aliphatic heterocycles. The zero-order valence-corrected chi connectivity index (χ0v) is 11.4. The summed E-state index contributed by atoms with van der Waals surface area (Å²) in [4.78, 5) is 10.7. The second-order valence-electron chi connectivity index (χ2n) is 4.46. The second-order valence-corrected chi connectivity index (χ2v) is 4.46. The molecule has 17 heavy (non-hydrogen) atoms. The van der Waals surface area contributed by atoms with E-state index < -0.39 is 12.0 Å². The first kappa shape index (κ1) is 16.4. The van der Waals surface area contributed by atoms with Crippen molar-refractivity contribution in [3.63, 3.8) is 0 Å². The lowest BCUT2D eigenvalue weighted by molar-refractivity contribution is -0.139. The highest BCUT2D eigenvalue weighted by atomic mass is 16.5. The number of aliphatic carboxylic acids is 1. The summed E-state index contributed by atoms with van der Waals surface area (Å²) >= 11 is 0. The van der Waals surface area contributed by atoms with Gasteiger partial charge in [0.05, 0.1) is 0 Å². The summed E-state index contributed by atoms with van der Waals surface area (Å²) in [5.41, 5.74) is 0. The third-order valence-corrected chi connectivity index (χ3v) is 3.09. The van der Waals surface area contributed by atoms with Crippen LogP contribution >= 0.6 is 0 Å². The van der Waals surface area contributed by atoms with E-state index in [0.29, 0.717) is 18.9 Å². The van der Waals surface area contributed by atoms with Crippen molar-refractivity contribution in [3.8, 4) is 0 Å². The molecule has 2 N–H and O–H groups in total. The van der Waals surface area contributed by atoms with Gasteiger partial charge in [-0.2, -0.15) is 0 Å². The molecule has 0 heterocycles. The summed E-state index contributed by atoms with van der Waals surface area (Å²) in [6.07, 6.45) is 5.33. The van der Waals surface area contributed by atoms with E-state index in [2.05, 4.69) is 19.2 Å². The van der Waals surface area contributed by atoms with Gasteiger partial charge in [0.25, 0.3) is 0 Å². The van der Waals surface area contributed by atoms with Crippen molar-refractivity contribution in [3.05, 3.63) is 0 Å². The summed E-state index contributed by atoms with van der Waals surface area (Å²) in [6.45, 7) is 5.64. The van der Waals surface area contributed by atoms with E-state index in [1.54, 1.807) is 7.05 Å². The predicted octanol–water partition coefficient (Wildman–Crippen LogP) is 2.28. The minimum atomic E-state index is -0.811. The van der Waals surface area contributed by atoms with Crippen LogP contribution in [0.3, 0.4) is 0 Å². The molecule has 0 spiro atoms. The lowest BCUT2D eigenvalue weighted by Crippen LogP contribution is -2.35. The fraction of sp³-hybridized carbons (Fsp3) is 0.923. The van der Waals surface area contributed by atoms with Gasteiger partial charge < -0.3 is 15.2 Å². The fourth-order valence-corrected chi connectivity index (χ4v) is 1.74. The normalized spacial score (nSPS) is 14.5. The molecule has 0 bridgehead atoms. The van der Waals surface area contributed by atoms with Gasteiger partial charge in [-0.15, -0.1) is 0 Å². The Morgan fingerprint density at radius 2 is 2.06 bits per heavy atom. The summed E-state index contributed by atoms with van der Waals surface area (Å²) < 4.78 is 5.56. The van der Waals surface area contributed by atoms with Crippen LogP contribution in [0, 0.1) is 5.92 Å². The Morgan fingerprint density at radius 1 is 1.35 bits per heavy atom. The van der Waals surface area contributed by atoms with Gasteiger partial charge >= 0.3 is 5.97 Å². The van der Waals surface area contributed by atoms with Crippen LogP contribution in [0.5, 0.6) is 0 Å². The number of rotatable bonds is 11. The van der Waals surface area contributed by atoms with E-state index in [1.807, 2.05) is 0 Å². The van der Waals surface area contributed by atoms with Crippen LogP contribution in [0.15, 0.2) is 0 Å². The van der Waals surface area contributed by atoms with Gasteiger partial charge in [-0.25, -0.2) is 0 Å². The maximum absolute atomic E-state index is 10.7. The molecule has 0 rings (SSSR count). The van der Waals surface area contributed by atoms with Gasteiger partial charge in [-0.1, -0.05) is 33.1 Å². The molecule has 4 heteroatoms.